The molecule has 3 heteroatoms. The minimum atomic E-state index is 0.0489. The number of nitrogens with zero attached hydrogens (tertiary/aromatic N) is 1. The van der Waals surface area contributed by atoms with E-state index < -0.39 is 0 Å². The largest absolute Gasteiger partial charge is 0.277 e. The Morgan fingerprint density at radius 3 is 2.00 bits per heavy atom. The summed E-state index contributed by atoms with van der Waals surface area (Å²) < 4.78 is 1.29. The number of hydrogen-bond acceptors (Lipinski definition) is 2. The van der Waals surface area contributed by atoms with Gasteiger partial charge in [-0.3, -0.25) is 4.99 Å². The fourth-order valence-electron chi connectivity index (χ4n) is 0.474. The highest BCUT2D eigenvalue weighted by Gasteiger charge is 1.94. The van der Waals surface area contributed by atoms with Crippen molar-refractivity contribution in [1.29, 1.82) is 0 Å². The number of rotatable bonds is 0. The fraction of sp³-hybridized carbons (Fsp3) is 0.800. The van der Waals surface area contributed by atoms with Gasteiger partial charge >= 0.3 is 0 Å². The van der Waals surface area contributed by atoms with Crippen LogP contribution in [0.1, 0.15) is 0 Å². The molecule has 0 aliphatic heterocycles. The first-order chi connectivity index (χ1) is 3.72. The Morgan fingerprint density at radius 2 is 2.00 bits per heavy atom. The van der Waals surface area contributed by atoms with Crippen molar-refractivity contribution in [2.75, 3.05) is 25.8 Å². The van der Waals surface area contributed by atoms with Crippen LogP contribution in [-0.4, -0.2) is 30.2 Å². The molecule has 0 rings (SSSR count). The average molecular weight is 151 g/mol. The maximum Gasteiger partial charge on any atom is 0.103 e. The number of thiol groups is 1. The van der Waals surface area contributed by atoms with E-state index in [4.69, 9.17) is 0 Å². The summed E-state index contributed by atoms with van der Waals surface area (Å²) in [5.74, 6) is 0. The monoisotopic (exact) mass is 151 g/mol. The Morgan fingerprint density at radius 1 is 1.50 bits per heavy atom. The molecule has 8 heavy (non-hydrogen) atoms. The highest BCUT2D eigenvalue weighted by molar-refractivity contribution is 8.46. The molecule has 0 saturated heterocycles. The van der Waals surface area contributed by atoms with E-state index in [1.54, 1.807) is 11.8 Å². The number of thioether (sulfide) groups is 1. The van der Waals surface area contributed by atoms with Gasteiger partial charge in [-0.25, -0.2) is 10.9 Å². The van der Waals surface area contributed by atoms with Crippen molar-refractivity contribution in [1.82, 2.24) is 0 Å². The molecule has 0 aromatic rings. The van der Waals surface area contributed by atoms with Gasteiger partial charge in [-0.15, -0.1) is 11.8 Å². The molecule has 0 aliphatic carbocycles. The van der Waals surface area contributed by atoms with Crippen LogP contribution in [0.25, 0.3) is 0 Å². The predicted molar refractivity (Wildman–Crippen MR) is 47.7 cm³/mol. The van der Waals surface area contributed by atoms with Gasteiger partial charge in [0.05, 0.1) is 0 Å². The lowest BCUT2D eigenvalue weighted by Crippen LogP contribution is -1.88. The van der Waals surface area contributed by atoms with Crippen molar-refractivity contribution >= 4 is 27.0 Å². The van der Waals surface area contributed by atoms with E-state index in [-0.39, 0.29) is 10.9 Å². The lowest BCUT2D eigenvalue weighted by molar-refractivity contribution is 1.48. The summed E-state index contributed by atoms with van der Waals surface area (Å²) in [5.41, 5.74) is 0. The molecule has 0 aliphatic rings. The van der Waals surface area contributed by atoms with Crippen LogP contribution in [0.4, 0.5) is 0 Å². The molecule has 0 spiro atoms. The Kier molecular flexibility index (Phi) is 4.47. The zero-order valence-electron chi connectivity index (χ0n) is 5.80. The van der Waals surface area contributed by atoms with Crippen molar-refractivity contribution in [2.24, 2.45) is 4.99 Å². The third-order valence-electron chi connectivity index (χ3n) is 0.756. The normalized spacial score (nSPS) is 14.0. The lowest BCUT2D eigenvalue weighted by Gasteiger charge is -2.07. The Hall–Kier alpha value is 0.370. The highest BCUT2D eigenvalue weighted by Crippen LogP contribution is 2.23. The van der Waals surface area contributed by atoms with E-state index in [0.29, 0.717) is 0 Å². The van der Waals surface area contributed by atoms with Crippen LogP contribution in [0.5, 0.6) is 0 Å². The predicted octanol–water partition coefficient (Wildman–Crippen LogP) is 1.60. The summed E-state index contributed by atoms with van der Waals surface area (Å²) in [6.07, 6.45) is 6.51. The molecule has 0 saturated carbocycles. The standard InChI is InChI=1S/C5H13NS2/c1-6-5(7-2)8(3)4/h8H,1-4H3/b6-5+. The summed E-state index contributed by atoms with van der Waals surface area (Å²) >= 11 is 1.76. The van der Waals surface area contributed by atoms with Gasteiger partial charge < -0.3 is 0 Å². The van der Waals surface area contributed by atoms with E-state index in [0.717, 1.165) is 0 Å². The van der Waals surface area contributed by atoms with Crippen LogP contribution in [0.15, 0.2) is 4.99 Å². The van der Waals surface area contributed by atoms with E-state index in [1.165, 1.54) is 4.38 Å². The Balaban J connectivity index is 3.72. The van der Waals surface area contributed by atoms with Crippen molar-refractivity contribution in [3.8, 4) is 0 Å². The topological polar surface area (TPSA) is 12.4 Å². The molecule has 0 amide bonds. The van der Waals surface area contributed by atoms with Crippen LogP contribution in [-0.2, 0) is 0 Å². The molecule has 0 fully saturated rings. The van der Waals surface area contributed by atoms with Crippen molar-refractivity contribution in [2.45, 2.75) is 0 Å². The zero-order valence-corrected chi connectivity index (χ0v) is 7.51. The number of hydrogen-bond donors (Lipinski definition) is 1. The van der Waals surface area contributed by atoms with Gasteiger partial charge in [-0.05, 0) is 18.8 Å². The molecule has 0 heterocycles. The molecule has 1 nitrogen and oxygen atoms in total. The van der Waals surface area contributed by atoms with Gasteiger partial charge in [-0.2, -0.15) is 0 Å². The molecular formula is C5H13NS2. The first kappa shape index (κ1) is 8.37. The van der Waals surface area contributed by atoms with E-state index in [2.05, 4.69) is 23.8 Å². The van der Waals surface area contributed by atoms with Crippen molar-refractivity contribution in [3.05, 3.63) is 0 Å². The van der Waals surface area contributed by atoms with Crippen LogP contribution < -0.4 is 0 Å². The van der Waals surface area contributed by atoms with Gasteiger partial charge in [0.15, 0.2) is 0 Å². The minimum absolute atomic E-state index is 0.0489. The first-order valence-corrected chi connectivity index (χ1v) is 5.86. The molecule has 0 radical (unpaired) electrons. The fourth-order valence-corrected chi connectivity index (χ4v) is 2.52. The Bertz CT molecular complexity index is 88.4. The number of aliphatic imine (C=N–C) groups is 1. The zero-order chi connectivity index (χ0) is 6.57. The first-order valence-electron chi connectivity index (χ1n) is 2.40. The van der Waals surface area contributed by atoms with E-state index >= 15 is 0 Å². The van der Waals surface area contributed by atoms with E-state index in [9.17, 15) is 0 Å². The summed E-state index contributed by atoms with van der Waals surface area (Å²) in [6.45, 7) is 0. The molecule has 0 unspecified atom stereocenters. The summed E-state index contributed by atoms with van der Waals surface area (Å²) in [6, 6.07) is 0. The third-order valence-corrected chi connectivity index (χ3v) is 3.91. The quantitative estimate of drug-likeness (QED) is 0.315. The SMILES string of the molecule is C/N=C(\SC)[SH](C)C. The second-order valence-electron chi connectivity index (χ2n) is 1.60. The second kappa shape index (κ2) is 4.27. The summed E-state index contributed by atoms with van der Waals surface area (Å²) in [5, 5.41) is 0. The lowest BCUT2D eigenvalue weighted by atomic mass is 11.4. The summed E-state index contributed by atoms with van der Waals surface area (Å²) in [7, 11) is 1.90. The van der Waals surface area contributed by atoms with E-state index in [1.807, 2.05) is 7.05 Å². The van der Waals surface area contributed by atoms with Gasteiger partial charge in [-0.1, -0.05) is 0 Å². The molecule has 50 valence electrons. The second-order valence-corrected chi connectivity index (χ2v) is 4.91. The van der Waals surface area contributed by atoms with Gasteiger partial charge in [0.2, 0.25) is 0 Å². The maximum atomic E-state index is 4.11. The maximum absolute atomic E-state index is 4.11. The average Bonchev–Trinajstić information content (AvgIpc) is 1.69. The highest BCUT2D eigenvalue weighted by atomic mass is 32.2. The molecule has 0 aromatic heterocycles. The molecule has 0 aromatic carbocycles. The molecule has 0 atom stereocenters. The third kappa shape index (κ3) is 2.62. The van der Waals surface area contributed by atoms with Crippen LogP contribution >= 0.6 is 22.7 Å². The van der Waals surface area contributed by atoms with Crippen molar-refractivity contribution < 1.29 is 0 Å². The van der Waals surface area contributed by atoms with Gasteiger partial charge in [0.25, 0.3) is 0 Å². The summed E-state index contributed by atoms with van der Waals surface area (Å²) in [4.78, 5) is 4.11. The minimum Gasteiger partial charge on any atom is -0.277 e. The van der Waals surface area contributed by atoms with Crippen LogP contribution in [0, 0.1) is 0 Å². The van der Waals surface area contributed by atoms with Crippen LogP contribution in [0.2, 0.25) is 0 Å². The van der Waals surface area contributed by atoms with Gasteiger partial charge in [0, 0.05) is 7.05 Å². The Labute approximate surface area is 58.3 Å². The van der Waals surface area contributed by atoms with Crippen LogP contribution in [0.3, 0.4) is 0 Å². The molecular weight excluding hydrogens is 138 g/mol. The van der Waals surface area contributed by atoms with Gasteiger partial charge in [0.1, 0.15) is 4.38 Å². The molecule has 0 N–H and O–H groups in total. The molecule has 0 bridgehead atoms. The smallest absolute Gasteiger partial charge is 0.103 e. The van der Waals surface area contributed by atoms with Crippen molar-refractivity contribution in [3.63, 3.8) is 0 Å².